The fraction of sp³-hybridized carbons (Fsp3) is 0.750. The zero-order valence-corrected chi connectivity index (χ0v) is 19.2. The molecule has 0 saturated heterocycles. The van der Waals surface area contributed by atoms with Gasteiger partial charge in [0.15, 0.2) is 6.10 Å². The molecule has 0 bridgehead atoms. The van der Waals surface area contributed by atoms with Gasteiger partial charge in [-0.15, -0.1) is 0 Å². The van der Waals surface area contributed by atoms with Gasteiger partial charge in [-0.3, -0.25) is 4.52 Å². The van der Waals surface area contributed by atoms with Crippen molar-refractivity contribution in [3.63, 3.8) is 0 Å². The van der Waals surface area contributed by atoms with Crippen molar-refractivity contribution in [2.75, 3.05) is 13.2 Å². The largest absolute Gasteiger partial charge is 1.00 e. The van der Waals surface area contributed by atoms with E-state index in [0.717, 1.165) is 0 Å². The first-order chi connectivity index (χ1) is 9.91. The van der Waals surface area contributed by atoms with Crippen LogP contribution in [0.4, 0.5) is 0 Å². The first kappa shape index (κ1) is 29.9. The summed E-state index contributed by atoms with van der Waals surface area (Å²) in [6, 6.07) is 0. The Kier molecular flexibility index (Phi) is 16.6. The van der Waals surface area contributed by atoms with Gasteiger partial charge >= 0.3 is 78.9 Å². The van der Waals surface area contributed by atoms with E-state index in [1.54, 1.807) is 0 Å². The Bertz CT molecular complexity index is 443. The number of hydrogen-bond donors (Lipinski definition) is 2. The minimum atomic E-state index is -5.82. The summed E-state index contributed by atoms with van der Waals surface area (Å²) in [6.45, 7) is 2.04. The normalized spacial score (nSPS) is 13.8. The predicted octanol–water partition coefficient (Wildman–Crippen LogP) is -8.19. The summed E-state index contributed by atoms with van der Waals surface area (Å²) in [4.78, 5) is 61.9. The van der Waals surface area contributed by atoms with E-state index in [2.05, 4.69) is 18.5 Å². The number of carbonyl (C=O) groups excluding carboxylic acids is 2. The van der Waals surface area contributed by atoms with E-state index in [0.29, 0.717) is 0 Å². The van der Waals surface area contributed by atoms with Crippen LogP contribution >= 0.6 is 15.6 Å². The zero-order valence-electron chi connectivity index (χ0n) is 13.4. The molecule has 0 fully saturated rings. The van der Waals surface area contributed by atoms with Gasteiger partial charge in [-0.1, -0.05) is 0 Å². The van der Waals surface area contributed by atoms with Crippen LogP contribution in [-0.2, 0) is 37.2 Å². The average molecular weight is 410 g/mol. The van der Waals surface area contributed by atoms with E-state index < -0.39 is 39.8 Å². The summed E-state index contributed by atoms with van der Waals surface area (Å²) >= 11 is 0. The Morgan fingerprint density at radius 3 is 1.50 bits per heavy atom. The minimum absolute atomic E-state index is 0. The van der Waals surface area contributed by atoms with Gasteiger partial charge in [-0.05, 0) is 13.8 Å². The monoisotopic (exact) mass is 410 g/mol. The molecule has 2 N–H and O–H groups in total. The Balaban J connectivity index is -0.00000220. The summed E-state index contributed by atoms with van der Waals surface area (Å²) in [5, 5.41) is 0. The van der Waals surface area contributed by atoms with Crippen LogP contribution in [-0.4, -0.2) is 47.1 Å². The molecule has 2 atom stereocenters. The van der Waals surface area contributed by atoms with E-state index in [9.17, 15) is 28.5 Å². The molecule has 130 valence electrons. The summed E-state index contributed by atoms with van der Waals surface area (Å²) < 4.78 is 38.1. The Morgan fingerprint density at radius 1 is 0.917 bits per heavy atom. The Labute approximate surface area is 181 Å². The molecule has 0 aromatic rings. The van der Waals surface area contributed by atoms with Gasteiger partial charge in [-0.2, -0.15) is 0 Å². The number of hydrogen-bond acceptors (Lipinski definition) is 10. The van der Waals surface area contributed by atoms with Crippen LogP contribution in [0.3, 0.4) is 0 Å². The molecule has 0 aromatic carbocycles. The molecule has 0 saturated carbocycles. The van der Waals surface area contributed by atoms with E-state index in [1.165, 1.54) is 13.8 Å². The van der Waals surface area contributed by atoms with Gasteiger partial charge in [0.25, 0.3) is 0 Å². The summed E-state index contributed by atoms with van der Waals surface area (Å²) in [5.74, 6) is -3.08. The standard InChI is InChI=1S/C8H16O12P2.2Na/c1-3-17-7(9)5(19-21(11,12)13)6(8(10)18-4-2)20-22(14,15)16;;/h5-6H,3-4H2,1-2H3,(H2,11,12,13)(H2,14,15,16);;/q;2*+1/p-2/t5-,6-;;/m1../s1. The number of carbonyl (C=O) groups is 2. The third-order valence-corrected chi connectivity index (χ3v) is 2.79. The molecule has 0 heterocycles. The van der Waals surface area contributed by atoms with Crippen molar-refractivity contribution in [3.05, 3.63) is 0 Å². The number of phosphoric acid groups is 2. The smallest absolute Gasteiger partial charge is 0.790 e. The van der Waals surface area contributed by atoms with Crippen LogP contribution in [0.2, 0.25) is 0 Å². The molecule has 0 rings (SSSR count). The van der Waals surface area contributed by atoms with Gasteiger partial charge < -0.3 is 38.1 Å². The number of phosphoric ester groups is 2. The first-order valence-electron chi connectivity index (χ1n) is 5.69. The van der Waals surface area contributed by atoms with E-state index >= 15 is 0 Å². The molecule has 0 spiro atoms. The number of rotatable bonds is 9. The second-order valence-corrected chi connectivity index (χ2v) is 5.79. The summed E-state index contributed by atoms with van der Waals surface area (Å²) in [7, 11) is -11.2. The van der Waals surface area contributed by atoms with Crippen molar-refractivity contribution in [1.29, 1.82) is 0 Å². The van der Waals surface area contributed by atoms with Crippen LogP contribution in [0.1, 0.15) is 13.8 Å². The maximum atomic E-state index is 11.6. The van der Waals surface area contributed by atoms with E-state index in [4.69, 9.17) is 9.79 Å². The van der Waals surface area contributed by atoms with Gasteiger partial charge in [0.05, 0.1) is 21.0 Å². The third kappa shape index (κ3) is 13.4. The third-order valence-electron chi connectivity index (χ3n) is 1.81. The summed E-state index contributed by atoms with van der Waals surface area (Å²) in [6.07, 6.45) is -5.08. The molecule has 0 unspecified atom stereocenters. The number of esters is 2. The summed E-state index contributed by atoms with van der Waals surface area (Å²) in [5.41, 5.74) is 0. The molecule has 0 aromatic heterocycles. The molecule has 0 radical (unpaired) electrons. The molecule has 0 amide bonds. The predicted molar refractivity (Wildman–Crippen MR) is 62.7 cm³/mol. The van der Waals surface area contributed by atoms with Crippen LogP contribution in [0, 0.1) is 0 Å². The molecule has 0 aliphatic carbocycles. The van der Waals surface area contributed by atoms with Gasteiger partial charge in [0.2, 0.25) is 6.10 Å². The van der Waals surface area contributed by atoms with Crippen molar-refractivity contribution in [2.24, 2.45) is 0 Å². The van der Waals surface area contributed by atoms with Gasteiger partial charge in [0, 0.05) is 0 Å². The van der Waals surface area contributed by atoms with E-state index in [-0.39, 0.29) is 72.3 Å². The SMILES string of the molecule is CCOC(=O)[C@H](OP(=O)([O-])[O-])[C@@H](OP(=O)(O)O)C(=O)OCC.[Na+].[Na+]. The van der Waals surface area contributed by atoms with Crippen LogP contribution in [0.5, 0.6) is 0 Å². The van der Waals surface area contributed by atoms with Gasteiger partial charge in [0.1, 0.15) is 0 Å². The second-order valence-electron chi connectivity index (χ2n) is 3.49. The molecular weight excluding hydrogens is 396 g/mol. The van der Waals surface area contributed by atoms with Crippen LogP contribution in [0.15, 0.2) is 0 Å². The van der Waals surface area contributed by atoms with Crippen molar-refractivity contribution in [2.45, 2.75) is 26.1 Å². The second kappa shape index (κ2) is 13.3. The average Bonchev–Trinajstić information content (AvgIpc) is 2.31. The maximum Gasteiger partial charge on any atom is 1.00 e. The first-order valence-corrected chi connectivity index (χ1v) is 8.68. The molecule has 0 aliphatic rings. The van der Waals surface area contributed by atoms with E-state index in [1.807, 2.05) is 0 Å². The maximum absolute atomic E-state index is 11.6. The molecule has 12 nitrogen and oxygen atoms in total. The van der Waals surface area contributed by atoms with Crippen molar-refractivity contribution in [1.82, 2.24) is 0 Å². The fourth-order valence-electron chi connectivity index (χ4n) is 1.18. The Morgan fingerprint density at radius 2 is 1.25 bits per heavy atom. The molecule has 24 heavy (non-hydrogen) atoms. The van der Waals surface area contributed by atoms with Crippen LogP contribution < -0.4 is 68.9 Å². The topological polar surface area (TPSA) is 192 Å². The minimum Gasteiger partial charge on any atom is -0.790 e. The fourth-order valence-corrected chi connectivity index (χ4v) is 2.15. The zero-order chi connectivity index (χ0) is 17.6. The van der Waals surface area contributed by atoms with Crippen molar-refractivity contribution >= 4 is 27.6 Å². The van der Waals surface area contributed by atoms with Gasteiger partial charge in [-0.25, -0.2) is 14.2 Å². The van der Waals surface area contributed by atoms with Crippen molar-refractivity contribution < 1.29 is 116 Å². The molecule has 16 heteroatoms. The molecular formula is C8H14Na2O12P2. The number of ether oxygens (including phenoxy) is 2. The molecule has 0 aliphatic heterocycles. The Hall–Kier alpha value is 1.16. The van der Waals surface area contributed by atoms with Crippen molar-refractivity contribution in [3.8, 4) is 0 Å². The van der Waals surface area contributed by atoms with Crippen LogP contribution in [0.25, 0.3) is 0 Å². The quantitative estimate of drug-likeness (QED) is 0.208.